The monoisotopic (exact) mass is 414 g/mol. The second-order valence-electron chi connectivity index (χ2n) is 8.03. The van der Waals surface area contributed by atoms with E-state index in [4.69, 9.17) is 0 Å². The first-order chi connectivity index (χ1) is 12.3. The van der Waals surface area contributed by atoms with Gasteiger partial charge in [0.05, 0.1) is 0 Å². The predicted molar refractivity (Wildman–Crippen MR) is 110 cm³/mol. The fourth-order valence-electron chi connectivity index (χ4n) is 3.28. The van der Waals surface area contributed by atoms with Gasteiger partial charge in [-0.15, -0.1) is 0 Å². The maximum atomic E-state index is 12.6. The maximum Gasteiger partial charge on any atom is 0.253 e. The van der Waals surface area contributed by atoms with E-state index in [2.05, 4.69) is 65.9 Å². The number of nitrogens with zero attached hydrogens (tertiary/aromatic N) is 2. The molecule has 2 aromatic rings. The molecule has 26 heavy (non-hydrogen) atoms. The number of amides is 1. The van der Waals surface area contributed by atoms with Crippen LogP contribution in [0.15, 0.2) is 53.0 Å². The Labute approximate surface area is 165 Å². The van der Waals surface area contributed by atoms with Gasteiger partial charge in [0.1, 0.15) is 0 Å². The van der Waals surface area contributed by atoms with Gasteiger partial charge in [-0.3, -0.25) is 9.69 Å². The van der Waals surface area contributed by atoms with Gasteiger partial charge < -0.3 is 4.90 Å². The minimum absolute atomic E-state index is 0.125. The average Bonchev–Trinajstić information content (AvgIpc) is 2.61. The second-order valence-corrected chi connectivity index (χ2v) is 8.94. The molecule has 2 aromatic carbocycles. The summed E-state index contributed by atoms with van der Waals surface area (Å²) in [6.07, 6.45) is 0. The van der Waals surface area contributed by atoms with E-state index >= 15 is 0 Å². The molecule has 1 aliphatic heterocycles. The summed E-state index contributed by atoms with van der Waals surface area (Å²) in [4.78, 5) is 17.0. The van der Waals surface area contributed by atoms with Gasteiger partial charge in [-0.1, -0.05) is 67.0 Å². The van der Waals surface area contributed by atoms with Gasteiger partial charge in [0, 0.05) is 42.8 Å². The van der Waals surface area contributed by atoms with Crippen molar-refractivity contribution in [1.29, 1.82) is 0 Å². The van der Waals surface area contributed by atoms with Crippen molar-refractivity contribution < 1.29 is 4.79 Å². The molecule has 0 unspecified atom stereocenters. The van der Waals surface area contributed by atoms with Crippen LogP contribution in [0.1, 0.15) is 42.3 Å². The zero-order valence-electron chi connectivity index (χ0n) is 15.8. The Morgan fingerprint density at radius 1 is 1.00 bits per heavy atom. The van der Waals surface area contributed by atoms with E-state index in [1.807, 2.05) is 29.2 Å². The Bertz CT molecular complexity index is 756. The van der Waals surface area contributed by atoms with Crippen LogP contribution in [0.3, 0.4) is 0 Å². The van der Waals surface area contributed by atoms with Crippen LogP contribution in [-0.2, 0) is 12.0 Å². The van der Waals surface area contributed by atoms with Crippen molar-refractivity contribution in [2.75, 3.05) is 26.2 Å². The molecule has 138 valence electrons. The summed E-state index contributed by atoms with van der Waals surface area (Å²) in [5, 5.41) is 0. The summed E-state index contributed by atoms with van der Waals surface area (Å²) >= 11 is 3.44. The van der Waals surface area contributed by atoms with Crippen molar-refractivity contribution in [2.24, 2.45) is 0 Å². The van der Waals surface area contributed by atoms with Gasteiger partial charge in [-0.2, -0.15) is 0 Å². The smallest absolute Gasteiger partial charge is 0.253 e. The highest BCUT2D eigenvalue weighted by Crippen LogP contribution is 2.23. The Balaban J connectivity index is 1.54. The molecular weight excluding hydrogens is 388 g/mol. The standard InChI is InChI=1S/C22H27BrN2O/c1-22(2,3)19-9-7-17(8-10-19)16-24-11-13-25(14-12-24)21(26)18-5-4-6-20(23)15-18/h4-10,15H,11-14,16H2,1-3H3. The minimum Gasteiger partial charge on any atom is -0.336 e. The van der Waals surface area contributed by atoms with Gasteiger partial charge in [0.15, 0.2) is 0 Å². The first-order valence-corrected chi connectivity index (χ1v) is 9.99. The summed E-state index contributed by atoms with van der Waals surface area (Å²) in [7, 11) is 0. The summed E-state index contributed by atoms with van der Waals surface area (Å²) in [6.45, 7) is 11.1. The quantitative estimate of drug-likeness (QED) is 0.725. The molecule has 0 atom stereocenters. The molecular formula is C22H27BrN2O. The number of benzene rings is 2. The molecule has 0 spiro atoms. The largest absolute Gasteiger partial charge is 0.336 e. The van der Waals surface area contributed by atoms with Crippen LogP contribution in [0.5, 0.6) is 0 Å². The van der Waals surface area contributed by atoms with Crippen molar-refractivity contribution in [3.8, 4) is 0 Å². The zero-order chi connectivity index (χ0) is 18.7. The van der Waals surface area contributed by atoms with E-state index in [0.29, 0.717) is 0 Å². The molecule has 3 nitrogen and oxygen atoms in total. The van der Waals surface area contributed by atoms with Gasteiger partial charge in [-0.05, 0) is 34.7 Å². The first-order valence-electron chi connectivity index (χ1n) is 9.19. The molecule has 1 saturated heterocycles. The van der Waals surface area contributed by atoms with Crippen LogP contribution in [0.4, 0.5) is 0 Å². The van der Waals surface area contributed by atoms with Crippen molar-refractivity contribution in [2.45, 2.75) is 32.7 Å². The number of carbonyl (C=O) groups is 1. The van der Waals surface area contributed by atoms with Crippen molar-refractivity contribution >= 4 is 21.8 Å². The number of rotatable bonds is 3. The molecule has 3 rings (SSSR count). The highest BCUT2D eigenvalue weighted by Gasteiger charge is 2.22. The normalized spacial score (nSPS) is 15.9. The lowest BCUT2D eigenvalue weighted by Crippen LogP contribution is -2.48. The molecule has 1 fully saturated rings. The molecule has 0 N–H and O–H groups in total. The molecule has 0 aromatic heterocycles. The van der Waals surface area contributed by atoms with E-state index in [1.165, 1.54) is 11.1 Å². The van der Waals surface area contributed by atoms with Crippen LogP contribution >= 0.6 is 15.9 Å². The Morgan fingerprint density at radius 3 is 2.23 bits per heavy atom. The minimum atomic E-state index is 0.125. The molecule has 1 aliphatic rings. The number of carbonyl (C=O) groups excluding carboxylic acids is 1. The molecule has 0 radical (unpaired) electrons. The lowest BCUT2D eigenvalue weighted by Gasteiger charge is -2.35. The molecule has 0 saturated carbocycles. The van der Waals surface area contributed by atoms with Gasteiger partial charge in [0.25, 0.3) is 5.91 Å². The highest BCUT2D eigenvalue weighted by atomic mass is 79.9. The predicted octanol–water partition coefficient (Wildman–Crippen LogP) is 4.70. The van der Waals surface area contributed by atoms with E-state index in [0.717, 1.165) is 42.8 Å². The van der Waals surface area contributed by atoms with Gasteiger partial charge in [-0.25, -0.2) is 0 Å². The van der Waals surface area contributed by atoms with Crippen molar-refractivity contribution in [1.82, 2.24) is 9.80 Å². The van der Waals surface area contributed by atoms with Crippen LogP contribution in [0.25, 0.3) is 0 Å². The summed E-state index contributed by atoms with van der Waals surface area (Å²) in [5.41, 5.74) is 3.65. The Kier molecular flexibility index (Phi) is 5.83. The van der Waals surface area contributed by atoms with Crippen molar-refractivity contribution in [3.05, 3.63) is 69.7 Å². The number of halogens is 1. The van der Waals surface area contributed by atoms with E-state index in [-0.39, 0.29) is 11.3 Å². The van der Waals surface area contributed by atoms with Crippen molar-refractivity contribution in [3.63, 3.8) is 0 Å². The third-order valence-electron chi connectivity index (χ3n) is 4.96. The fourth-order valence-corrected chi connectivity index (χ4v) is 3.68. The SMILES string of the molecule is CC(C)(C)c1ccc(CN2CCN(C(=O)c3cccc(Br)c3)CC2)cc1. The number of piperazine rings is 1. The Hall–Kier alpha value is -1.65. The fraction of sp³-hybridized carbons (Fsp3) is 0.409. The van der Waals surface area contributed by atoms with Crippen LogP contribution < -0.4 is 0 Å². The number of hydrogen-bond donors (Lipinski definition) is 0. The molecule has 1 heterocycles. The molecule has 0 aliphatic carbocycles. The lowest BCUT2D eigenvalue weighted by molar-refractivity contribution is 0.0628. The maximum absolute atomic E-state index is 12.6. The van der Waals surface area contributed by atoms with Crippen LogP contribution in [0, 0.1) is 0 Å². The van der Waals surface area contributed by atoms with E-state index < -0.39 is 0 Å². The summed E-state index contributed by atoms with van der Waals surface area (Å²) in [5.74, 6) is 0.125. The Morgan fingerprint density at radius 2 is 1.65 bits per heavy atom. The third-order valence-corrected chi connectivity index (χ3v) is 5.45. The average molecular weight is 415 g/mol. The van der Waals surface area contributed by atoms with E-state index in [1.54, 1.807) is 0 Å². The first kappa shape index (κ1) is 19.1. The zero-order valence-corrected chi connectivity index (χ0v) is 17.4. The molecule has 1 amide bonds. The number of hydrogen-bond acceptors (Lipinski definition) is 2. The van der Waals surface area contributed by atoms with Crippen LogP contribution in [-0.4, -0.2) is 41.9 Å². The second kappa shape index (κ2) is 7.93. The lowest BCUT2D eigenvalue weighted by atomic mass is 9.87. The van der Waals surface area contributed by atoms with Crippen LogP contribution in [0.2, 0.25) is 0 Å². The van der Waals surface area contributed by atoms with E-state index in [9.17, 15) is 4.79 Å². The van der Waals surface area contributed by atoms with Gasteiger partial charge >= 0.3 is 0 Å². The molecule has 4 heteroatoms. The topological polar surface area (TPSA) is 23.6 Å². The highest BCUT2D eigenvalue weighted by molar-refractivity contribution is 9.10. The summed E-state index contributed by atoms with van der Waals surface area (Å²) in [6, 6.07) is 16.6. The molecule has 0 bridgehead atoms. The third kappa shape index (κ3) is 4.74. The van der Waals surface area contributed by atoms with Gasteiger partial charge in [0.2, 0.25) is 0 Å². The summed E-state index contributed by atoms with van der Waals surface area (Å²) < 4.78 is 0.945.